The van der Waals surface area contributed by atoms with Crippen LogP contribution in [0.15, 0.2) is 24.3 Å². The average molecular weight is 364 g/mol. The van der Waals surface area contributed by atoms with Crippen LogP contribution in [0.4, 0.5) is 5.69 Å². The van der Waals surface area contributed by atoms with Gasteiger partial charge < -0.3 is 25.0 Å². The lowest BCUT2D eigenvalue weighted by Gasteiger charge is -2.36. The number of ether oxygens (including phenoxy) is 1. The minimum absolute atomic E-state index is 0.224. The molecule has 1 aliphatic rings. The van der Waals surface area contributed by atoms with Crippen molar-refractivity contribution < 1.29 is 19.4 Å². The molecule has 0 spiro atoms. The lowest BCUT2D eigenvalue weighted by molar-refractivity contribution is -0.138. The summed E-state index contributed by atoms with van der Waals surface area (Å²) < 4.78 is 5.93. The molecule has 1 aliphatic heterocycles. The van der Waals surface area contributed by atoms with Crippen molar-refractivity contribution in [2.24, 2.45) is 0 Å². The maximum atomic E-state index is 11.7. The van der Waals surface area contributed by atoms with Crippen LogP contribution in [0.2, 0.25) is 0 Å². The summed E-state index contributed by atoms with van der Waals surface area (Å²) >= 11 is 0. The topological polar surface area (TPSA) is 85.4 Å². The Bertz CT molecular complexity index is 601. The molecular weight excluding hydrogens is 336 g/mol. The van der Waals surface area contributed by atoms with Crippen LogP contribution in [0.1, 0.15) is 0 Å². The summed E-state index contributed by atoms with van der Waals surface area (Å²) in [6.07, 6.45) is 0. The van der Waals surface area contributed by atoms with Gasteiger partial charge in [0.25, 0.3) is 0 Å². The highest BCUT2D eigenvalue weighted by Gasteiger charge is 2.21. The normalized spacial score (nSPS) is 15.1. The van der Waals surface area contributed by atoms with E-state index in [4.69, 9.17) is 9.84 Å². The second-order valence-corrected chi connectivity index (χ2v) is 6.55. The summed E-state index contributed by atoms with van der Waals surface area (Å²) in [4.78, 5) is 28.6. The first-order valence-corrected chi connectivity index (χ1v) is 8.78. The molecule has 8 nitrogen and oxygen atoms in total. The Labute approximate surface area is 154 Å². The first kappa shape index (κ1) is 20.0. The summed E-state index contributed by atoms with van der Waals surface area (Å²) in [5.41, 5.74) is 1.07. The fourth-order valence-corrected chi connectivity index (χ4v) is 2.76. The summed E-state index contributed by atoms with van der Waals surface area (Å²) in [6.45, 7) is 4.44. The van der Waals surface area contributed by atoms with Gasteiger partial charge >= 0.3 is 5.97 Å². The highest BCUT2D eigenvalue weighted by molar-refractivity contribution is 5.82. The number of carbonyl (C=O) groups is 2. The second kappa shape index (κ2) is 9.98. The summed E-state index contributed by atoms with van der Waals surface area (Å²) in [7, 11) is 4.03. The van der Waals surface area contributed by atoms with Gasteiger partial charge in [-0.15, -0.1) is 0 Å². The number of carboxylic acid groups (broad SMARTS) is 1. The quantitative estimate of drug-likeness (QED) is 0.635. The second-order valence-electron chi connectivity index (χ2n) is 6.55. The number of anilines is 1. The molecule has 8 heteroatoms. The molecule has 1 amide bonds. The van der Waals surface area contributed by atoms with Crippen LogP contribution >= 0.6 is 0 Å². The van der Waals surface area contributed by atoms with E-state index in [-0.39, 0.29) is 19.0 Å². The van der Waals surface area contributed by atoms with Gasteiger partial charge in [0.05, 0.1) is 12.2 Å². The Hall–Kier alpha value is -2.32. The third kappa shape index (κ3) is 6.53. The summed E-state index contributed by atoms with van der Waals surface area (Å²) in [5, 5.41) is 11.0. The predicted octanol–water partition coefficient (Wildman–Crippen LogP) is -0.0502. The smallest absolute Gasteiger partial charge is 0.322 e. The lowest BCUT2D eigenvalue weighted by Crippen LogP contribution is -2.50. The number of nitrogens with one attached hydrogen (secondary N) is 1. The van der Waals surface area contributed by atoms with Crippen LogP contribution in [0.3, 0.4) is 0 Å². The zero-order valence-electron chi connectivity index (χ0n) is 15.5. The molecule has 0 bridgehead atoms. The fourth-order valence-electron chi connectivity index (χ4n) is 2.76. The van der Waals surface area contributed by atoms with Gasteiger partial charge in [-0.25, -0.2) is 0 Å². The number of rotatable bonds is 9. The van der Waals surface area contributed by atoms with Gasteiger partial charge in [0.1, 0.15) is 18.9 Å². The highest BCUT2D eigenvalue weighted by Crippen LogP contribution is 2.28. The maximum absolute atomic E-state index is 11.7. The van der Waals surface area contributed by atoms with E-state index in [9.17, 15) is 9.59 Å². The fraction of sp³-hybridized carbons (Fsp3) is 0.556. The Morgan fingerprint density at radius 2 is 1.88 bits per heavy atom. The Balaban J connectivity index is 1.84. The van der Waals surface area contributed by atoms with Gasteiger partial charge in [0.2, 0.25) is 5.91 Å². The number of piperazine rings is 1. The lowest BCUT2D eigenvalue weighted by atomic mass is 10.2. The van der Waals surface area contributed by atoms with Crippen molar-refractivity contribution in [1.82, 2.24) is 15.1 Å². The van der Waals surface area contributed by atoms with E-state index in [0.717, 1.165) is 44.2 Å². The molecule has 26 heavy (non-hydrogen) atoms. The van der Waals surface area contributed by atoms with E-state index in [2.05, 4.69) is 21.2 Å². The molecule has 1 fully saturated rings. The van der Waals surface area contributed by atoms with Gasteiger partial charge in [-0.1, -0.05) is 12.1 Å². The SMILES string of the molecule is CN(C)CCOc1ccccc1N1CCN(CC(=O)NCC(=O)O)CC1. The van der Waals surface area contributed by atoms with Gasteiger partial charge in [0, 0.05) is 32.7 Å². The monoisotopic (exact) mass is 364 g/mol. The summed E-state index contributed by atoms with van der Waals surface area (Å²) in [6, 6.07) is 8.01. The van der Waals surface area contributed by atoms with Crippen molar-refractivity contribution in [2.45, 2.75) is 0 Å². The highest BCUT2D eigenvalue weighted by atomic mass is 16.5. The molecule has 0 atom stereocenters. The van der Waals surface area contributed by atoms with Crippen molar-refractivity contribution >= 4 is 17.6 Å². The molecule has 0 radical (unpaired) electrons. The average Bonchev–Trinajstić information content (AvgIpc) is 2.61. The number of carboxylic acids is 1. The minimum Gasteiger partial charge on any atom is -0.490 e. The Morgan fingerprint density at radius 3 is 2.54 bits per heavy atom. The Kier molecular flexibility index (Phi) is 7.68. The number of likely N-dealkylation sites (N-methyl/N-ethyl adjacent to an activating group) is 1. The zero-order chi connectivity index (χ0) is 18.9. The third-order valence-electron chi connectivity index (χ3n) is 4.18. The van der Waals surface area contributed by atoms with Gasteiger partial charge in [-0.2, -0.15) is 0 Å². The first-order chi connectivity index (χ1) is 12.5. The number of aliphatic carboxylic acids is 1. The number of hydrogen-bond donors (Lipinski definition) is 2. The van der Waals surface area contributed by atoms with Crippen molar-refractivity contribution in [3.63, 3.8) is 0 Å². The molecular formula is C18H28N4O4. The van der Waals surface area contributed by atoms with E-state index in [0.29, 0.717) is 6.61 Å². The molecule has 0 aliphatic carbocycles. The van der Waals surface area contributed by atoms with Crippen LogP contribution in [0, 0.1) is 0 Å². The number of hydrogen-bond acceptors (Lipinski definition) is 6. The number of amides is 1. The van der Waals surface area contributed by atoms with E-state index in [1.807, 2.05) is 37.2 Å². The van der Waals surface area contributed by atoms with Crippen LogP contribution in [0.25, 0.3) is 0 Å². The van der Waals surface area contributed by atoms with Crippen molar-refractivity contribution in [2.75, 3.05) is 71.4 Å². The molecule has 0 unspecified atom stereocenters. The number of carbonyl (C=O) groups excluding carboxylic acids is 1. The van der Waals surface area contributed by atoms with Gasteiger partial charge in [-0.05, 0) is 26.2 Å². The first-order valence-electron chi connectivity index (χ1n) is 8.78. The van der Waals surface area contributed by atoms with Crippen LogP contribution in [-0.2, 0) is 9.59 Å². The molecule has 0 saturated carbocycles. The molecule has 1 saturated heterocycles. The zero-order valence-corrected chi connectivity index (χ0v) is 15.5. The van der Waals surface area contributed by atoms with Crippen LogP contribution in [-0.4, -0.2) is 93.3 Å². The third-order valence-corrected chi connectivity index (χ3v) is 4.18. The minimum atomic E-state index is -1.03. The van der Waals surface area contributed by atoms with Crippen molar-refractivity contribution in [3.8, 4) is 5.75 Å². The van der Waals surface area contributed by atoms with Gasteiger partial charge in [0.15, 0.2) is 0 Å². The van der Waals surface area contributed by atoms with E-state index < -0.39 is 5.97 Å². The van der Waals surface area contributed by atoms with Crippen LogP contribution < -0.4 is 15.0 Å². The van der Waals surface area contributed by atoms with E-state index in [1.165, 1.54) is 0 Å². The maximum Gasteiger partial charge on any atom is 0.322 e. The molecule has 0 aromatic heterocycles. The van der Waals surface area contributed by atoms with Crippen LogP contribution in [0.5, 0.6) is 5.75 Å². The predicted molar refractivity (Wildman–Crippen MR) is 99.8 cm³/mol. The van der Waals surface area contributed by atoms with Crippen molar-refractivity contribution in [3.05, 3.63) is 24.3 Å². The molecule has 1 aromatic rings. The Morgan fingerprint density at radius 1 is 1.19 bits per heavy atom. The van der Waals surface area contributed by atoms with E-state index in [1.54, 1.807) is 0 Å². The number of nitrogens with zero attached hydrogens (tertiary/aromatic N) is 3. The number of para-hydroxylation sites is 2. The van der Waals surface area contributed by atoms with Crippen molar-refractivity contribution in [1.29, 1.82) is 0 Å². The molecule has 1 heterocycles. The molecule has 144 valence electrons. The largest absolute Gasteiger partial charge is 0.490 e. The molecule has 2 N–H and O–H groups in total. The van der Waals surface area contributed by atoms with Gasteiger partial charge in [-0.3, -0.25) is 14.5 Å². The van der Waals surface area contributed by atoms with E-state index >= 15 is 0 Å². The standard InChI is InChI=1S/C18H28N4O4/c1-20(2)11-12-26-16-6-4-3-5-15(16)22-9-7-21(8-10-22)14-17(23)19-13-18(24)25/h3-6H,7-14H2,1-2H3,(H,19,23)(H,24,25). The molecule has 2 rings (SSSR count). The summed E-state index contributed by atoms with van der Waals surface area (Å²) in [5.74, 6) is -0.413. The number of benzene rings is 1. The molecule has 1 aromatic carbocycles.